The number of nitrogens with zero attached hydrogens (tertiary/aromatic N) is 3. The highest BCUT2D eigenvalue weighted by atomic mass is 16.3. The zero-order valence-corrected chi connectivity index (χ0v) is 17.2. The first-order valence-corrected chi connectivity index (χ1v) is 9.70. The van der Waals surface area contributed by atoms with Gasteiger partial charge in [-0.05, 0) is 60.9 Å². The van der Waals surface area contributed by atoms with Crippen molar-refractivity contribution in [2.75, 3.05) is 10.6 Å². The number of nitrogens with two attached hydrogens (primary N) is 1. The summed E-state index contributed by atoms with van der Waals surface area (Å²) in [5.41, 5.74) is 10.1. The Balaban J connectivity index is 1.51. The van der Waals surface area contributed by atoms with E-state index in [4.69, 9.17) is 5.73 Å². The van der Waals surface area contributed by atoms with E-state index in [2.05, 4.69) is 25.9 Å². The van der Waals surface area contributed by atoms with E-state index in [9.17, 15) is 9.90 Å². The van der Waals surface area contributed by atoms with E-state index < -0.39 is 5.91 Å². The molecule has 6 N–H and O–H groups in total. The van der Waals surface area contributed by atoms with Crippen LogP contribution in [0, 0.1) is 13.8 Å². The SMILES string of the molecule is Cc1cc(CNc2n[nH]c(Nc3ccc(-n4cccn4)cc3)c2C(N)=O)cc(C)c1O. The fourth-order valence-electron chi connectivity index (χ4n) is 3.40. The Morgan fingerprint density at radius 1 is 1.19 bits per heavy atom. The molecule has 0 aliphatic carbocycles. The lowest BCUT2D eigenvalue weighted by Crippen LogP contribution is -2.15. The zero-order valence-electron chi connectivity index (χ0n) is 17.2. The van der Waals surface area contributed by atoms with E-state index in [1.807, 2.05) is 62.5 Å². The predicted molar refractivity (Wildman–Crippen MR) is 119 cm³/mol. The molecule has 4 rings (SSSR count). The molecular formula is C22H23N7O2. The van der Waals surface area contributed by atoms with Gasteiger partial charge in [-0.3, -0.25) is 9.89 Å². The molecule has 0 saturated carbocycles. The average Bonchev–Trinajstić information content (AvgIpc) is 3.41. The van der Waals surface area contributed by atoms with Crippen molar-refractivity contribution in [3.63, 3.8) is 0 Å². The Hall–Kier alpha value is -4.27. The molecule has 158 valence electrons. The smallest absolute Gasteiger partial charge is 0.256 e. The number of hydrogen-bond acceptors (Lipinski definition) is 6. The molecule has 0 bridgehead atoms. The van der Waals surface area contributed by atoms with E-state index in [-0.39, 0.29) is 11.3 Å². The van der Waals surface area contributed by atoms with Gasteiger partial charge in [-0.1, -0.05) is 12.1 Å². The van der Waals surface area contributed by atoms with Crippen molar-refractivity contribution in [1.82, 2.24) is 20.0 Å². The highest BCUT2D eigenvalue weighted by Crippen LogP contribution is 2.27. The molecule has 0 aliphatic rings. The lowest BCUT2D eigenvalue weighted by molar-refractivity contribution is 0.100. The minimum atomic E-state index is -0.607. The highest BCUT2D eigenvalue weighted by molar-refractivity contribution is 6.03. The normalized spacial score (nSPS) is 10.8. The van der Waals surface area contributed by atoms with Crippen molar-refractivity contribution < 1.29 is 9.90 Å². The van der Waals surface area contributed by atoms with E-state index in [1.54, 1.807) is 10.9 Å². The first-order valence-electron chi connectivity index (χ1n) is 9.70. The average molecular weight is 417 g/mol. The maximum Gasteiger partial charge on any atom is 0.256 e. The van der Waals surface area contributed by atoms with Crippen molar-refractivity contribution in [3.05, 3.63) is 77.1 Å². The van der Waals surface area contributed by atoms with Crippen molar-refractivity contribution in [2.24, 2.45) is 5.73 Å². The molecule has 9 heteroatoms. The van der Waals surface area contributed by atoms with Gasteiger partial charge >= 0.3 is 0 Å². The Morgan fingerprint density at radius 3 is 2.52 bits per heavy atom. The Kier molecular flexibility index (Phi) is 5.31. The second-order valence-electron chi connectivity index (χ2n) is 7.24. The fraction of sp³-hybridized carbons (Fsp3) is 0.136. The summed E-state index contributed by atoms with van der Waals surface area (Å²) in [7, 11) is 0. The third-order valence-corrected chi connectivity index (χ3v) is 4.93. The predicted octanol–water partition coefficient (Wildman–Crippen LogP) is 3.37. The number of primary amides is 1. The zero-order chi connectivity index (χ0) is 22.0. The Morgan fingerprint density at radius 2 is 1.90 bits per heavy atom. The maximum atomic E-state index is 12.1. The lowest BCUT2D eigenvalue weighted by Gasteiger charge is -2.10. The standard InChI is InChI=1S/C22H23N7O2/c1-13-10-15(11-14(2)19(13)30)12-24-21-18(20(23)31)22(28-27-21)26-16-4-6-17(7-5-16)29-9-3-8-25-29/h3-11,30H,12H2,1-2H3,(H2,23,31)(H3,24,26,27,28). The van der Waals surface area contributed by atoms with Crippen LogP contribution in [-0.2, 0) is 6.54 Å². The van der Waals surface area contributed by atoms with E-state index >= 15 is 0 Å². The van der Waals surface area contributed by atoms with Crippen LogP contribution in [0.2, 0.25) is 0 Å². The van der Waals surface area contributed by atoms with Gasteiger partial charge in [-0.15, -0.1) is 0 Å². The monoisotopic (exact) mass is 417 g/mol. The molecule has 4 aromatic rings. The van der Waals surface area contributed by atoms with Gasteiger partial charge in [0.25, 0.3) is 5.91 Å². The molecule has 0 atom stereocenters. The summed E-state index contributed by atoms with van der Waals surface area (Å²) < 4.78 is 1.75. The summed E-state index contributed by atoms with van der Waals surface area (Å²) in [4.78, 5) is 12.1. The quantitative estimate of drug-likeness (QED) is 0.313. The summed E-state index contributed by atoms with van der Waals surface area (Å²) in [6.07, 6.45) is 3.57. The topological polar surface area (TPSA) is 134 Å². The molecule has 31 heavy (non-hydrogen) atoms. The molecular weight excluding hydrogens is 394 g/mol. The number of anilines is 3. The number of hydrogen-bond donors (Lipinski definition) is 5. The van der Waals surface area contributed by atoms with Crippen LogP contribution in [0.5, 0.6) is 5.75 Å². The number of phenolic OH excluding ortho intramolecular Hbond substituents is 1. The van der Waals surface area contributed by atoms with Gasteiger partial charge in [-0.25, -0.2) is 4.68 Å². The maximum absolute atomic E-state index is 12.1. The van der Waals surface area contributed by atoms with Gasteiger partial charge in [0.15, 0.2) is 5.82 Å². The number of carbonyl (C=O) groups excluding carboxylic acids is 1. The van der Waals surface area contributed by atoms with Crippen molar-refractivity contribution >= 4 is 23.2 Å². The number of rotatable bonds is 7. The van der Waals surface area contributed by atoms with E-state index in [1.165, 1.54) is 0 Å². The lowest BCUT2D eigenvalue weighted by atomic mass is 10.1. The largest absolute Gasteiger partial charge is 0.507 e. The summed E-state index contributed by atoms with van der Waals surface area (Å²) in [5, 5.41) is 27.5. The third kappa shape index (κ3) is 4.20. The number of aromatic amines is 1. The first-order chi connectivity index (χ1) is 14.9. The van der Waals surface area contributed by atoms with Crippen LogP contribution in [-0.4, -0.2) is 31.0 Å². The van der Waals surface area contributed by atoms with Gasteiger partial charge in [0, 0.05) is 24.6 Å². The number of aromatic nitrogens is 4. The number of H-pyrrole nitrogens is 1. The van der Waals surface area contributed by atoms with Crippen LogP contribution in [0.1, 0.15) is 27.0 Å². The van der Waals surface area contributed by atoms with Crippen molar-refractivity contribution in [1.29, 1.82) is 0 Å². The van der Waals surface area contributed by atoms with Crippen molar-refractivity contribution in [3.8, 4) is 11.4 Å². The number of benzene rings is 2. The van der Waals surface area contributed by atoms with Crippen LogP contribution in [0.3, 0.4) is 0 Å². The Labute approximate surface area is 178 Å². The number of phenols is 1. The molecule has 2 aromatic carbocycles. The second kappa shape index (κ2) is 8.23. The van der Waals surface area contributed by atoms with Crippen LogP contribution in [0.25, 0.3) is 5.69 Å². The van der Waals surface area contributed by atoms with Crippen LogP contribution < -0.4 is 16.4 Å². The summed E-state index contributed by atoms with van der Waals surface area (Å²) in [6.45, 7) is 4.11. The van der Waals surface area contributed by atoms with Gasteiger partial charge in [0.1, 0.15) is 17.1 Å². The summed E-state index contributed by atoms with van der Waals surface area (Å²) in [5.74, 6) is 0.433. The minimum Gasteiger partial charge on any atom is -0.507 e. The van der Waals surface area contributed by atoms with Gasteiger partial charge in [-0.2, -0.15) is 10.2 Å². The molecule has 2 aromatic heterocycles. The summed E-state index contributed by atoms with van der Waals surface area (Å²) >= 11 is 0. The molecule has 0 aliphatic heterocycles. The molecule has 0 fully saturated rings. The number of aromatic hydroxyl groups is 1. The fourth-order valence-corrected chi connectivity index (χ4v) is 3.40. The number of aryl methyl sites for hydroxylation is 2. The number of nitrogens with one attached hydrogen (secondary N) is 3. The van der Waals surface area contributed by atoms with E-state index in [0.717, 1.165) is 28.1 Å². The molecule has 9 nitrogen and oxygen atoms in total. The molecule has 2 heterocycles. The molecule has 0 unspecified atom stereocenters. The van der Waals surface area contributed by atoms with E-state index in [0.29, 0.717) is 18.2 Å². The third-order valence-electron chi connectivity index (χ3n) is 4.93. The van der Waals surface area contributed by atoms with Gasteiger partial charge in [0.05, 0.1) is 5.69 Å². The molecule has 0 saturated heterocycles. The number of amides is 1. The molecule has 1 amide bonds. The molecule has 0 radical (unpaired) electrons. The van der Waals surface area contributed by atoms with Crippen LogP contribution in [0.4, 0.5) is 17.3 Å². The Bertz CT molecular complexity index is 1190. The highest BCUT2D eigenvalue weighted by Gasteiger charge is 2.19. The second-order valence-corrected chi connectivity index (χ2v) is 7.24. The van der Waals surface area contributed by atoms with Crippen molar-refractivity contribution in [2.45, 2.75) is 20.4 Å². The van der Waals surface area contributed by atoms with Crippen LogP contribution in [0.15, 0.2) is 54.9 Å². The van der Waals surface area contributed by atoms with Crippen LogP contribution >= 0.6 is 0 Å². The van der Waals surface area contributed by atoms with Gasteiger partial charge in [0.2, 0.25) is 0 Å². The van der Waals surface area contributed by atoms with Gasteiger partial charge < -0.3 is 21.5 Å². The minimum absolute atomic E-state index is 0.239. The summed E-state index contributed by atoms with van der Waals surface area (Å²) in [6, 6.07) is 13.2. The molecule has 0 spiro atoms. The first kappa shape index (κ1) is 20.0. The number of carbonyl (C=O) groups is 1.